The maximum atomic E-state index is 11.7. The van der Waals surface area contributed by atoms with E-state index in [0.717, 1.165) is 38.3 Å². The van der Waals surface area contributed by atoms with Crippen molar-refractivity contribution in [1.29, 1.82) is 0 Å². The SMILES string of the molecule is O=C1NCCN1c1cnn(C2CN(Cc3cnn4c3CCCC4)C2)c1. The predicted octanol–water partition coefficient (Wildman–Crippen LogP) is 1.00. The van der Waals surface area contributed by atoms with Gasteiger partial charge < -0.3 is 5.32 Å². The van der Waals surface area contributed by atoms with Crippen LogP contribution in [-0.2, 0) is 19.5 Å². The summed E-state index contributed by atoms with van der Waals surface area (Å²) < 4.78 is 4.18. The van der Waals surface area contributed by atoms with Crippen LogP contribution in [0.15, 0.2) is 18.6 Å². The predicted molar refractivity (Wildman–Crippen MR) is 92.5 cm³/mol. The fourth-order valence-electron chi connectivity index (χ4n) is 4.08. The fourth-order valence-corrected chi connectivity index (χ4v) is 4.08. The maximum absolute atomic E-state index is 11.7. The molecule has 3 aliphatic heterocycles. The zero-order valence-electron chi connectivity index (χ0n) is 14.3. The number of anilines is 1. The van der Waals surface area contributed by atoms with Crippen molar-refractivity contribution >= 4 is 11.7 Å². The Morgan fingerprint density at radius 1 is 1.16 bits per heavy atom. The number of likely N-dealkylation sites (tertiary alicyclic amines) is 1. The van der Waals surface area contributed by atoms with Crippen LogP contribution in [0.2, 0.25) is 0 Å². The molecule has 8 heteroatoms. The van der Waals surface area contributed by atoms with Gasteiger partial charge in [0.05, 0.1) is 24.1 Å². The molecule has 0 saturated carbocycles. The van der Waals surface area contributed by atoms with Gasteiger partial charge in [-0.15, -0.1) is 0 Å². The van der Waals surface area contributed by atoms with Crippen LogP contribution in [0.1, 0.15) is 30.1 Å². The zero-order chi connectivity index (χ0) is 16.8. The molecular weight excluding hydrogens is 318 g/mol. The molecule has 25 heavy (non-hydrogen) atoms. The highest BCUT2D eigenvalue weighted by atomic mass is 16.2. The second-order valence-corrected chi connectivity index (χ2v) is 7.21. The molecule has 0 unspecified atom stereocenters. The molecule has 1 N–H and O–H groups in total. The first kappa shape index (κ1) is 14.9. The number of rotatable bonds is 4. The van der Waals surface area contributed by atoms with E-state index in [9.17, 15) is 4.79 Å². The van der Waals surface area contributed by atoms with Crippen molar-refractivity contribution in [1.82, 2.24) is 29.8 Å². The lowest BCUT2D eigenvalue weighted by Crippen LogP contribution is -2.47. The Hall–Kier alpha value is -2.35. The highest BCUT2D eigenvalue weighted by molar-refractivity contribution is 5.93. The molecule has 0 spiro atoms. The normalized spacial score (nSPS) is 21.3. The summed E-state index contributed by atoms with van der Waals surface area (Å²) in [6.07, 6.45) is 9.52. The molecule has 0 bridgehead atoms. The van der Waals surface area contributed by atoms with Gasteiger partial charge in [-0.05, 0) is 19.3 Å². The Morgan fingerprint density at radius 2 is 2.08 bits per heavy atom. The number of carbonyl (C=O) groups is 1. The van der Waals surface area contributed by atoms with Crippen LogP contribution >= 0.6 is 0 Å². The molecule has 5 rings (SSSR count). The fraction of sp³-hybridized carbons (Fsp3) is 0.588. The third-order valence-electron chi connectivity index (χ3n) is 5.53. The van der Waals surface area contributed by atoms with Gasteiger partial charge in [-0.3, -0.25) is 19.2 Å². The monoisotopic (exact) mass is 341 g/mol. The van der Waals surface area contributed by atoms with Gasteiger partial charge in [-0.25, -0.2) is 4.79 Å². The van der Waals surface area contributed by atoms with E-state index < -0.39 is 0 Å². The van der Waals surface area contributed by atoms with Crippen LogP contribution in [0.5, 0.6) is 0 Å². The van der Waals surface area contributed by atoms with E-state index in [1.807, 2.05) is 17.1 Å². The minimum atomic E-state index is -0.0271. The molecule has 2 saturated heterocycles. The van der Waals surface area contributed by atoms with Crippen LogP contribution < -0.4 is 10.2 Å². The average molecular weight is 341 g/mol. The summed E-state index contributed by atoms with van der Waals surface area (Å²) in [6, 6.07) is 0.367. The Labute approximate surface area is 146 Å². The third kappa shape index (κ3) is 2.60. The van der Waals surface area contributed by atoms with Crippen molar-refractivity contribution in [3.05, 3.63) is 29.8 Å². The van der Waals surface area contributed by atoms with E-state index in [-0.39, 0.29) is 6.03 Å². The van der Waals surface area contributed by atoms with Crippen molar-refractivity contribution in [3.8, 4) is 0 Å². The number of amides is 2. The molecule has 2 aromatic heterocycles. The smallest absolute Gasteiger partial charge is 0.322 e. The van der Waals surface area contributed by atoms with Crippen LogP contribution in [0, 0.1) is 0 Å². The van der Waals surface area contributed by atoms with E-state index in [2.05, 4.69) is 25.1 Å². The van der Waals surface area contributed by atoms with Gasteiger partial charge in [0.25, 0.3) is 0 Å². The number of aryl methyl sites for hydroxylation is 1. The van der Waals surface area contributed by atoms with Crippen molar-refractivity contribution in [2.45, 2.75) is 38.4 Å². The third-order valence-corrected chi connectivity index (χ3v) is 5.53. The number of fused-ring (bicyclic) bond motifs is 1. The molecular formula is C17H23N7O. The number of hydrogen-bond donors (Lipinski definition) is 1. The Bertz CT molecular complexity index is 789. The van der Waals surface area contributed by atoms with Gasteiger partial charge in [-0.1, -0.05) is 0 Å². The molecule has 2 amide bonds. The van der Waals surface area contributed by atoms with Crippen LogP contribution in [0.4, 0.5) is 10.5 Å². The summed E-state index contributed by atoms with van der Waals surface area (Å²) in [6.45, 7) is 5.47. The quantitative estimate of drug-likeness (QED) is 0.901. The number of hydrogen-bond acceptors (Lipinski definition) is 4. The largest absolute Gasteiger partial charge is 0.336 e. The van der Waals surface area contributed by atoms with E-state index in [4.69, 9.17) is 0 Å². The maximum Gasteiger partial charge on any atom is 0.322 e. The van der Waals surface area contributed by atoms with Crippen LogP contribution in [-0.4, -0.2) is 56.7 Å². The van der Waals surface area contributed by atoms with Gasteiger partial charge in [0.1, 0.15) is 0 Å². The van der Waals surface area contributed by atoms with Gasteiger partial charge in [0, 0.05) is 56.7 Å². The topological polar surface area (TPSA) is 71.2 Å². The standard InChI is InChI=1S/C17H23N7O/c25-17-18-4-6-22(17)14-8-20-24(12-14)15-10-21(11-15)9-13-7-19-23-5-2-1-3-16(13)23/h7-8,12,15H,1-6,9-11H2,(H,18,25). The summed E-state index contributed by atoms with van der Waals surface area (Å²) in [7, 11) is 0. The number of urea groups is 1. The molecule has 0 aliphatic carbocycles. The Kier molecular flexibility index (Phi) is 3.51. The van der Waals surface area contributed by atoms with Gasteiger partial charge in [-0.2, -0.15) is 10.2 Å². The highest BCUT2D eigenvalue weighted by Gasteiger charge is 2.31. The van der Waals surface area contributed by atoms with Crippen molar-refractivity contribution in [2.75, 3.05) is 31.1 Å². The van der Waals surface area contributed by atoms with Crippen molar-refractivity contribution in [2.24, 2.45) is 0 Å². The molecule has 3 aliphatic rings. The van der Waals surface area contributed by atoms with E-state index in [1.165, 1.54) is 24.1 Å². The summed E-state index contributed by atoms with van der Waals surface area (Å²) >= 11 is 0. The van der Waals surface area contributed by atoms with Crippen LogP contribution in [0.3, 0.4) is 0 Å². The first-order valence-electron chi connectivity index (χ1n) is 9.13. The van der Waals surface area contributed by atoms with E-state index in [1.54, 1.807) is 11.1 Å². The first-order valence-corrected chi connectivity index (χ1v) is 9.13. The molecule has 8 nitrogen and oxygen atoms in total. The summed E-state index contributed by atoms with van der Waals surface area (Å²) in [5.74, 6) is 0. The molecule has 2 fully saturated rings. The zero-order valence-corrected chi connectivity index (χ0v) is 14.3. The molecule has 0 aromatic carbocycles. The van der Waals surface area contributed by atoms with Gasteiger partial charge >= 0.3 is 6.03 Å². The number of carbonyl (C=O) groups excluding carboxylic acids is 1. The molecule has 132 valence electrons. The minimum absolute atomic E-state index is 0.0271. The lowest BCUT2D eigenvalue weighted by molar-refractivity contribution is 0.0905. The Morgan fingerprint density at radius 3 is 2.92 bits per heavy atom. The second kappa shape index (κ2) is 5.87. The van der Waals surface area contributed by atoms with E-state index >= 15 is 0 Å². The van der Waals surface area contributed by atoms with Crippen molar-refractivity contribution in [3.63, 3.8) is 0 Å². The van der Waals surface area contributed by atoms with Gasteiger partial charge in [0.2, 0.25) is 0 Å². The lowest BCUT2D eigenvalue weighted by atomic mass is 10.0. The number of nitrogens with one attached hydrogen (secondary N) is 1. The molecule has 0 atom stereocenters. The molecule has 2 aromatic rings. The summed E-state index contributed by atoms with van der Waals surface area (Å²) in [5.41, 5.74) is 3.70. The number of nitrogens with zero attached hydrogens (tertiary/aromatic N) is 6. The second-order valence-electron chi connectivity index (χ2n) is 7.21. The van der Waals surface area contributed by atoms with E-state index in [0.29, 0.717) is 19.1 Å². The number of aromatic nitrogens is 4. The lowest BCUT2D eigenvalue weighted by Gasteiger charge is -2.39. The highest BCUT2D eigenvalue weighted by Crippen LogP contribution is 2.27. The van der Waals surface area contributed by atoms with Gasteiger partial charge in [0.15, 0.2) is 0 Å². The average Bonchev–Trinajstić information content (AvgIpc) is 3.30. The molecule has 5 heterocycles. The molecule has 0 radical (unpaired) electrons. The van der Waals surface area contributed by atoms with Crippen LogP contribution in [0.25, 0.3) is 0 Å². The minimum Gasteiger partial charge on any atom is -0.336 e. The first-order chi connectivity index (χ1) is 12.3. The Balaban J connectivity index is 1.20. The summed E-state index contributed by atoms with van der Waals surface area (Å²) in [5, 5.41) is 11.8. The summed E-state index contributed by atoms with van der Waals surface area (Å²) in [4.78, 5) is 15.9. The van der Waals surface area contributed by atoms with Crippen molar-refractivity contribution < 1.29 is 4.79 Å².